The van der Waals surface area contributed by atoms with Gasteiger partial charge in [0.25, 0.3) is 5.91 Å². The molecule has 0 unspecified atom stereocenters. The molecule has 3 amide bonds. The quantitative estimate of drug-likeness (QED) is 0.596. The first-order chi connectivity index (χ1) is 15.6. The van der Waals surface area contributed by atoms with Crippen LogP contribution in [0.4, 0.5) is 10.5 Å². The molecule has 0 atom stereocenters. The lowest BCUT2D eigenvalue weighted by Crippen LogP contribution is -2.39. The minimum Gasteiger partial charge on any atom is -0.489 e. The summed E-state index contributed by atoms with van der Waals surface area (Å²) in [5.41, 5.74) is 1.33. The third kappa shape index (κ3) is 5.42. The number of hydrogen-bond acceptors (Lipinski definition) is 4. The lowest BCUT2D eigenvalue weighted by atomic mass is 10.2. The van der Waals surface area contributed by atoms with Crippen molar-refractivity contribution in [3.63, 3.8) is 0 Å². The highest BCUT2D eigenvalue weighted by Crippen LogP contribution is 2.19. The maximum atomic E-state index is 13.1. The maximum absolute atomic E-state index is 13.1. The van der Waals surface area contributed by atoms with Gasteiger partial charge < -0.3 is 24.3 Å². The second-order valence-electron chi connectivity index (χ2n) is 7.45. The summed E-state index contributed by atoms with van der Waals surface area (Å²) in [4.78, 5) is 29.2. The number of nitrogens with zero attached hydrogens (tertiary/aromatic N) is 2. The molecule has 166 valence electrons. The molecule has 8 heteroatoms. The normalized spacial score (nSPS) is 14.0. The van der Waals surface area contributed by atoms with E-state index in [-0.39, 0.29) is 24.3 Å². The minimum absolute atomic E-state index is 0.196. The monoisotopic (exact) mass is 453 g/mol. The van der Waals surface area contributed by atoms with Crippen LogP contribution >= 0.6 is 11.6 Å². The van der Waals surface area contributed by atoms with Gasteiger partial charge in [-0.15, -0.1) is 0 Å². The smallest absolute Gasteiger partial charge is 0.321 e. The molecule has 1 saturated heterocycles. The summed E-state index contributed by atoms with van der Waals surface area (Å²) in [6.07, 6.45) is 2.17. The molecule has 1 aliphatic rings. The van der Waals surface area contributed by atoms with E-state index in [2.05, 4.69) is 5.32 Å². The van der Waals surface area contributed by atoms with Crippen LogP contribution in [0, 0.1) is 0 Å². The minimum atomic E-state index is -0.212. The van der Waals surface area contributed by atoms with Crippen LogP contribution in [0.5, 0.6) is 5.75 Å². The Bertz CT molecular complexity index is 1070. The van der Waals surface area contributed by atoms with Crippen LogP contribution in [0.2, 0.25) is 5.02 Å². The van der Waals surface area contributed by atoms with E-state index in [0.717, 1.165) is 5.75 Å². The SMILES string of the molecule is O=C(Nc1cccc(Cl)c1)N1CCCN(C(=O)c2occc2COc2ccccc2)CC1. The van der Waals surface area contributed by atoms with Crippen molar-refractivity contribution in [2.45, 2.75) is 13.0 Å². The van der Waals surface area contributed by atoms with E-state index in [0.29, 0.717) is 48.9 Å². The Kier molecular flexibility index (Phi) is 6.97. The summed E-state index contributed by atoms with van der Waals surface area (Å²) < 4.78 is 11.3. The zero-order chi connectivity index (χ0) is 22.3. The predicted molar refractivity (Wildman–Crippen MR) is 122 cm³/mol. The average Bonchev–Trinajstić information content (AvgIpc) is 3.13. The molecule has 0 bridgehead atoms. The maximum Gasteiger partial charge on any atom is 0.321 e. The molecular weight excluding hydrogens is 430 g/mol. The number of ether oxygens (including phenoxy) is 1. The fraction of sp³-hybridized carbons (Fsp3) is 0.250. The summed E-state index contributed by atoms with van der Waals surface area (Å²) in [5, 5.41) is 3.41. The molecule has 1 fully saturated rings. The Labute approximate surface area is 191 Å². The van der Waals surface area contributed by atoms with E-state index in [4.69, 9.17) is 20.8 Å². The van der Waals surface area contributed by atoms with E-state index in [1.807, 2.05) is 30.3 Å². The van der Waals surface area contributed by atoms with E-state index >= 15 is 0 Å². The van der Waals surface area contributed by atoms with Gasteiger partial charge in [-0.25, -0.2) is 4.79 Å². The summed E-state index contributed by atoms with van der Waals surface area (Å²) in [7, 11) is 0. The number of para-hydroxylation sites is 1. The molecule has 32 heavy (non-hydrogen) atoms. The van der Waals surface area contributed by atoms with Gasteiger partial charge in [0.15, 0.2) is 5.76 Å². The van der Waals surface area contributed by atoms with Crippen LogP contribution in [0.1, 0.15) is 22.5 Å². The number of hydrogen-bond donors (Lipinski definition) is 1. The average molecular weight is 454 g/mol. The molecule has 2 aromatic carbocycles. The molecular formula is C24H24ClN3O4. The van der Waals surface area contributed by atoms with Crippen molar-refractivity contribution in [3.8, 4) is 5.75 Å². The van der Waals surface area contributed by atoms with Crippen molar-refractivity contribution in [3.05, 3.63) is 83.3 Å². The zero-order valence-corrected chi connectivity index (χ0v) is 18.3. The van der Waals surface area contributed by atoms with Gasteiger partial charge in [-0.2, -0.15) is 0 Å². The molecule has 0 spiro atoms. The number of rotatable bonds is 5. The van der Waals surface area contributed by atoms with Crippen LogP contribution in [0.25, 0.3) is 0 Å². The van der Waals surface area contributed by atoms with Crippen LogP contribution in [-0.4, -0.2) is 47.9 Å². The molecule has 0 aliphatic carbocycles. The molecule has 1 N–H and O–H groups in total. The Balaban J connectivity index is 1.35. The first-order valence-corrected chi connectivity index (χ1v) is 10.8. The number of amides is 3. The number of urea groups is 1. The first kappa shape index (κ1) is 21.8. The van der Waals surface area contributed by atoms with Crippen LogP contribution in [-0.2, 0) is 6.61 Å². The van der Waals surface area contributed by atoms with E-state index in [1.54, 1.807) is 40.1 Å². The summed E-state index contributed by atoms with van der Waals surface area (Å²) in [6.45, 7) is 2.18. The summed E-state index contributed by atoms with van der Waals surface area (Å²) in [5.74, 6) is 0.805. The zero-order valence-electron chi connectivity index (χ0n) is 17.5. The Morgan fingerprint density at radius 2 is 1.75 bits per heavy atom. The molecule has 1 aliphatic heterocycles. The van der Waals surface area contributed by atoms with Crippen LogP contribution < -0.4 is 10.1 Å². The van der Waals surface area contributed by atoms with Gasteiger partial charge in [0.05, 0.1) is 6.26 Å². The summed E-state index contributed by atoms with van der Waals surface area (Å²) in [6, 6.07) is 18.0. The Morgan fingerprint density at radius 1 is 0.969 bits per heavy atom. The molecule has 0 saturated carbocycles. The second-order valence-corrected chi connectivity index (χ2v) is 7.89. The van der Waals surface area contributed by atoms with Gasteiger partial charge >= 0.3 is 6.03 Å². The van der Waals surface area contributed by atoms with Gasteiger partial charge in [-0.3, -0.25) is 4.79 Å². The number of furan rings is 1. The van der Waals surface area contributed by atoms with Crippen molar-refractivity contribution in [2.75, 3.05) is 31.5 Å². The number of anilines is 1. The van der Waals surface area contributed by atoms with E-state index in [1.165, 1.54) is 6.26 Å². The van der Waals surface area contributed by atoms with Crippen molar-refractivity contribution < 1.29 is 18.7 Å². The van der Waals surface area contributed by atoms with Gasteiger partial charge in [0.2, 0.25) is 0 Å². The van der Waals surface area contributed by atoms with Crippen molar-refractivity contribution in [2.24, 2.45) is 0 Å². The van der Waals surface area contributed by atoms with Gasteiger partial charge in [-0.05, 0) is 42.8 Å². The topological polar surface area (TPSA) is 75.0 Å². The van der Waals surface area contributed by atoms with Crippen LogP contribution in [0.3, 0.4) is 0 Å². The number of carbonyl (C=O) groups is 2. The van der Waals surface area contributed by atoms with Crippen molar-refractivity contribution >= 4 is 29.2 Å². The number of carbonyl (C=O) groups excluding carboxylic acids is 2. The fourth-order valence-corrected chi connectivity index (χ4v) is 3.74. The fourth-order valence-electron chi connectivity index (χ4n) is 3.55. The van der Waals surface area contributed by atoms with Gasteiger partial charge in [0, 0.05) is 42.5 Å². The third-order valence-corrected chi connectivity index (χ3v) is 5.46. The van der Waals surface area contributed by atoms with Gasteiger partial charge in [-0.1, -0.05) is 35.9 Å². The molecule has 3 aromatic rings. The molecule has 2 heterocycles. The van der Waals surface area contributed by atoms with Gasteiger partial charge in [0.1, 0.15) is 12.4 Å². The lowest BCUT2D eigenvalue weighted by Gasteiger charge is -2.22. The molecule has 1 aromatic heterocycles. The Hall–Kier alpha value is -3.45. The number of nitrogens with one attached hydrogen (secondary N) is 1. The molecule has 0 radical (unpaired) electrons. The van der Waals surface area contributed by atoms with E-state index < -0.39 is 0 Å². The number of benzene rings is 2. The standard InChI is InChI=1S/C24H24ClN3O4/c25-19-6-4-7-20(16-19)26-24(30)28-12-5-11-27(13-14-28)23(29)22-18(10-15-31-22)17-32-21-8-2-1-3-9-21/h1-4,6-10,15-16H,5,11-14,17H2,(H,26,30). The first-order valence-electron chi connectivity index (χ1n) is 10.4. The summed E-state index contributed by atoms with van der Waals surface area (Å²) >= 11 is 5.99. The van der Waals surface area contributed by atoms with Crippen molar-refractivity contribution in [1.29, 1.82) is 0 Å². The van der Waals surface area contributed by atoms with E-state index in [9.17, 15) is 9.59 Å². The predicted octanol–water partition coefficient (Wildman–Crippen LogP) is 4.89. The second kappa shape index (κ2) is 10.2. The van der Waals surface area contributed by atoms with Crippen LogP contribution in [0.15, 0.2) is 71.3 Å². The lowest BCUT2D eigenvalue weighted by molar-refractivity contribution is 0.0727. The third-order valence-electron chi connectivity index (χ3n) is 5.22. The highest BCUT2D eigenvalue weighted by molar-refractivity contribution is 6.30. The van der Waals surface area contributed by atoms with Crippen molar-refractivity contribution in [1.82, 2.24) is 9.80 Å². The number of halogens is 1. The largest absolute Gasteiger partial charge is 0.489 e. The molecule has 4 rings (SSSR count). The highest BCUT2D eigenvalue weighted by Gasteiger charge is 2.26. The Morgan fingerprint density at radius 3 is 2.56 bits per heavy atom. The molecule has 7 nitrogen and oxygen atoms in total. The highest BCUT2D eigenvalue weighted by atomic mass is 35.5.